The van der Waals surface area contributed by atoms with E-state index in [-0.39, 0.29) is 29.7 Å². The fourth-order valence-corrected chi connectivity index (χ4v) is 4.00. The highest BCUT2D eigenvalue weighted by Gasteiger charge is 2.39. The van der Waals surface area contributed by atoms with Gasteiger partial charge in [0.15, 0.2) is 0 Å². The average Bonchev–Trinajstić information content (AvgIpc) is 3.02. The number of nitrogens with two attached hydrogens (primary N) is 1. The molecule has 2 aliphatic rings. The van der Waals surface area contributed by atoms with Crippen molar-refractivity contribution in [1.29, 1.82) is 0 Å². The third kappa shape index (κ3) is 4.10. The molecule has 28 heavy (non-hydrogen) atoms. The Labute approximate surface area is 166 Å². The Morgan fingerprint density at radius 3 is 2.68 bits per heavy atom. The van der Waals surface area contributed by atoms with Crippen LogP contribution in [-0.4, -0.2) is 40.7 Å². The van der Waals surface area contributed by atoms with Crippen molar-refractivity contribution >= 4 is 17.7 Å². The van der Waals surface area contributed by atoms with Gasteiger partial charge in [0.1, 0.15) is 6.04 Å². The molecule has 7 nitrogen and oxygen atoms in total. The Bertz CT molecular complexity index is 773. The number of nitrogens with zero attached hydrogens (tertiary/aromatic N) is 1. The van der Waals surface area contributed by atoms with Crippen LogP contribution in [0.4, 0.5) is 0 Å². The van der Waals surface area contributed by atoms with Crippen molar-refractivity contribution < 1.29 is 14.4 Å². The zero-order valence-corrected chi connectivity index (χ0v) is 16.7. The van der Waals surface area contributed by atoms with Crippen LogP contribution in [0.5, 0.6) is 0 Å². The number of hydrogen-bond acceptors (Lipinski definition) is 5. The summed E-state index contributed by atoms with van der Waals surface area (Å²) in [5.74, 6) is -0.780. The highest BCUT2D eigenvalue weighted by Crippen LogP contribution is 2.29. The van der Waals surface area contributed by atoms with Crippen LogP contribution in [0.2, 0.25) is 0 Å². The first-order chi connectivity index (χ1) is 13.4. The predicted molar refractivity (Wildman–Crippen MR) is 106 cm³/mol. The molecule has 0 spiro atoms. The molecule has 7 heteroatoms. The highest BCUT2D eigenvalue weighted by atomic mass is 16.2. The first-order valence-corrected chi connectivity index (χ1v) is 10.1. The highest BCUT2D eigenvalue weighted by molar-refractivity contribution is 6.05. The minimum Gasteiger partial charge on any atom is -0.325 e. The summed E-state index contributed by atoms with van der Waals surface area (Å²) in [6.07, 6.45) is 3.40. The molecular weight excluding hydrogens is 356 g/mol. The van der Waals surface area contributed by atoms with E-state index in [9.17, 15) is 14.4 Å². The Balaban J connectivity index is 1.66. The van der Waals surface area contributed by atoms with Crippen molar-refractivity contribution in [3.05, 3.63) is 34.9 Å². The van der Waals surface area contributed by atoms with E-state index in [4.69, 9.17) is 5.73 Å². The van der Waals surface area contributed by atoms with Crippen LogP contribution >= 0.6 is 0 Å². The zero-order valence-electron chi connectivity index (χ0n) is 16.7. The number of carbonyl (C=O) groups is 3. The molecule has 1 aromatic rings. The van der Waals surface area contributed by atoms with E-state index < -0.39 is 6.04 Å². The van der Waals surface area contributed by atoms with Crippen molar-refractivity contribution in [2.24, 2.45) is 5.73 Å². The van der Waals surface area contributed by atoms with Crippen molar-refractivity contribution in [3.8, 4) is 0 Å². The lowest BCUT2D eigenvalue weighted by atomic mass is 9.90. The van der Waals surface area contributed by atoms with Crippen LogP contribution in [-0.2, 0) is 22.7 Å². The number of nitrogens with one attached hydrogen (secondary N) is 2. The molecule has 3 rings (SSSR count). The van der Waals surface area contributed by atoms with Gasteiger partial charge in [0.2, 0.25) is 11.8 Å². The monoisotopic (exact) mass is 386 g/mol. The second-order valence-electron chi connectivity index (χ2n) is 7.85. The fraction of sp³-hybridized carbons (Fsp3) is 0.571. The number of benzene rings is 1. The van der Waals surface area contributed by atoms with Crippen molar-refractivity contribution in [2.75, 3.05) is 6.54 Å². The summed E-state index contributed by atoms with van der Waals surface area (Å²) in [5.41, 5.74) is 8.76. The van der Waals surface area contributed by atoms with Crippen LogP contribution in [0, 0.1) is 0 Å². The number of rotatable bonds is 8. The standard InChI is InChI=1S/C21H30N4O3/c1-3-21(22,4-2)10-11-23-12-14-6-5-7-15-13-25(20(28)18(14)15)16-8-9-17(26)24-19(16)27/h5-7,16,23H,3-4,8-13,22H2,1-2H3,(H,24,26,27). The molecule has 3 amide bonds. The number of amides is 3. The van der Waals surface area contributed by atoms with Crippen molar-refractivity contribution in [1.82, 2.24) is 15.5 Å². The lowest BCUT2D eigenvalue weighted by Crippen LogP contribution is -2.52. The van der Waals surface area contributed by atoms with Crippen LogP contribution < -0.4 is 16.4 Å². The quantitative estimate of drug-likeness (QED) is 0.463. The molecule has 2 aliphatic heterocycles. The van der Waals surface area contributed by atoms with Gasteiger partial charge in [-0.25, -0.2) is 0 Å². The molecule has 1 saturated heterocycles. The van der Waals surface area contributed by atoms with E-state index >= 15 is 0 Å². The molecule has 1 aromatic carbocycles. The Morgan fingerprint density at radius 2 is 2.00 bits per heavy atom. The summed E-state index contributed by atoms with van der Waals surface area (Å²) < 4.78 is 0. The molecule has 0 bridgehead atoms. The van der Waals surface area contributed by atoms with E-state index in [1.54, 1.807) is 4.90 Å². The summed E-state index contributed by atoms with van der Waals surface area (Å²) in [5, 5.41) is 5.75. The van der Waals surface area contributed by atoms with Gasteiger partial charge in [0, 0.05) is 30.6 Å². The molecule has 0 aromatic heterocycles. The number of hydrogen-bond donors (Lipinski definition) is 3. The molecule has 0 radical (unpaired) electrons. The second kappa shape index (κ2) is 8.41. The lowest BCUT2D eigenvalue weighted by Gasteiger charge is -2.29. The maximum Gasteiger partial charge on any atom is 0.255 e. The van der Waals surface area contributed by atoms with Crippen LogP contribution in [0.15, 0.2) is 18.2 Å². The normalized spacial score (nSPS) is 19.8. The van der Waals surface area contributed by atoms with Gasteiger partial charge in [-0.2, -0.15) is 0 Å². The van der Waals surface area contributed by atoms with Crippen LogP contribution in [0.25, 0.3) is 0 Å². The van der Waals surface area contributed by atoms with E-state index in [1.807, 2.05) is 18.2 Å². The van der Waals surface area contributed by atoms with Gasteiger partial charge >= 0.3 is 0 Å². The maximum atomic E-state index is 13.0. The fourth-order valence-electron chi connectivity index (χ4n) is 4.00. The summed E-state index contributed by atoms with van der Waals surface area (Å²) in [4.78, 5) is 38.2. The molecule has 0 aliphatic carbocycles. The molecular formula is C21H30N4O3. The number of imide groups is 1. The molecule has 2 heterocycles. The van der Waals surface area contributed by atoms with Crippen molar-refractivity contribution in [3.63, 3.8) is 0 Å². The summed E-state index contributed by atoms with van der Waals surface area (Å²) in [6, 6.07) is 5.25. The predicted octanol–water partition coefficient (Wildman–Crippen LogP) is 1.44. The van der Waals surface area contributed by atoms with E-state index in [0.717, 1.165) is 36.9 Å². The topological polar surface area (TPSA) is 105 Å². The second-order valence-corrected chi connectivity index (χ2v) is 7.85. The Kier molecular flexibility index (Phi) is 6.15. The van der Waals surface area contributed by atoms with Crippen LogP contribution in [0.1, 0.15) is 67.4 Å². The number of carbonyl (C=O) groups excluding carboxylic acids is 3. The lowest BCUT2D eigenvalue weighted by molar-refractivity contribution is -0.136. The Hall–Kier alpha value is -2.25. The van der Waals surface area contributed by atoms with Gasteiger partial charge in [-0.15, -0.1) is 0 Å². The van der Waals surface area contributed by atoms with Gasteiger partial charge in [-0.1, -0.05) is 32.0 Å². The van der Waals surface area contributed by atoms with E-state index in [1.165, 1.54) is 0 Å². The molecule has 1 fully saturated rings. The summed E-state index contributed by atoms with van der Waals surface area (Å²) >= 11 is 0. The van der Waals surface area contributed by atoms with Crippen molar-refractivity contribution in [2.45, 2.75) is 70.6 Å². The Morgan fingerprint density at radius 1 is 1.25 bits per heavy atom. The first kappa shape index (κ1) is 20.5. The number of fused-ring (bicyclic) bond motifs is 1. The zero-order chi connectivity index (χ0) is 20.3. The molecule has 1 unspecified atom stereocenters. The third-order valence-electron chi connectivity index (χ3n) is 6.16. The summed E-state index contributed by atoms with van der Waals surface area (Å²) in [7, 11) is 0. The molecule has 0 saturated carbocycles. The third-order valence-corrected chi connectivity index (χ3v) is 6.16. The number of piperidine rings is 1. The average molecular weight is 386 g/mol. The molecule has 152 valence electrons. The van der Waals surface area contributed by atoms with Gasteiger partial charge in [0.05, 0.1) is 0 Å². The minimum atomic E-state index is -0.578. The molecule has 1 atom stereocenters. The van der Waals surface area contributed by atoms with Crippen LogP contribution in [0.3, 0.4) is 0 Å². The SMILES string of the molecule is CCC(N)(CC)CCNCc1cccc2c1C(=O)N(C1CCC(=O)NC1=O)C2. The molecule has 4 N–H and O–H groups in total. The smallest absolute Gasteiger partial charge is 0.255 e. The largest absolute Gasteiger partial charge is 0.325 e. The van der Waals surface area contributed by atoms with Gasteiger partial charge in [-0.05, 0) is 43.4 Å². The first-order valence-electron chi connectivity index (χ1n) is 10.1. The van der Waals surface area contributed by atoms with Gasteiger partial charge in [-0.3, -0.25) is 19.7 Å². The van der Waals surface area contributed by atoms with Gasteiger partial charge < -0.3 is 16.0 Å². The summed E-state index contributed by atoms with van der Waals surface area (Å²) in [6.45, 7) is 5.99. The van der Waals surface area contributed by atoms with E-state index in [0.29, 0.717) is 25.1 Å². The minimum absolute atomic E-state index is 0.128. The van der Waals surface area contributed by atoms with E-state index in [2.05, 4.69) is 24.5 Å². The van der Waals surface area contributed by atoms with Gasteiger partial charge in [0.25, 0.3) is 5.91 Å². The maximum absolute atomic E-state index is 13.0.